The monoisotopic (exact) mass is 365 g/mol. The van der Waals surface area contributed by atoms with Crippen molar-refractivity contribution in [3.63, 3.8) is 0 Å². The summed E-state index contributed by atoms with van der Waals surface area (Å²) in [5.41, 5.74) is 2.79. The average Bonchev–Trinajstić information content (AvgIpc) is 2.97. The van der Waals surface area contributed by atoms with Crippen LogP contribution in [0.4, 0.5) is 4.79 Å². The number of nitrogens with zero attached hydrogens (tertiary/aromatic N) is 2. The number of carbonyl (C=O) groups is 2. The van der Waals surface area contributed by atoms with Gasteiger partial charge in [-0.2, -0.15) is 0 Å². The van der Waals surface area contributed by atoms with E-state index < -0.39 is 0 Å². The molecule has 1 aromatic carbocycles. The first kappa shape index (κ1) is 16.5. The van der Waals surface area contributed by atoms with E-state index in [0.717, 1.165) is 39.5 Å². The maximum absolute atomic E-state index is 11.7. The third-order valence-corrected chi connectivity index (χ3v) is 5.04. The van der Waals surface area contributed by atoms with Crippen molar-refractivity contribution in [2.24, 2.45) is 0 Å². The second kappa shape index (κ2) is 7.13. The Morgan fingerprint density at radius 1 is 1.08 bits per heavy atom. The van der Waals surface area contributed by atoms with Crippen LogP contribution in [-0.2, 0) is 17.8 Å². The summed E-state index contributed by atoms with van der Waals surface area (Å²) in [6.45, 7) is 0.466. The predicted molar refractivity (Wildman–Crippen MR) is 98.9 cm³/mol. The molecule has 0 spiro atoms. The predicted octanol–water partition coefficient (Wildman–Crippen LogP) is 3.10. The maximum atomic E-state index is 11.7. The molecule has 0 aliphatic carbocycles. The standard InChI is InChI=1S/C19H15N3O3S/c23-18-17(26-19(24)22-18)8-13-7-14-1-2-15(9-16(14)21-10-13)25-11-12-3-5-20-6-4-12/h1-7,9-10,17H,8,11H2,(H,22,23,24). The third-order valence-electron chi connectivity index (χ3n) is 4.06. The Hall–Kier alpha value is -2.93. The number of aromatic nitrogens is 2. The molecule has 3 heterocycles. The summed E-state index contributed by atoms with van der Waals surface area (Å²) in [5, 5.41) is 2.60. The Morgan fingerprint density at radius 2 is 1.92 bits per heavy atom. The van der Waals surface area contributed by atoms with Gasteiger partial charge >= 0.3 is 0 Å². The van der Waals surface area contributed by atoms with Crippen molar-refractivity contribution in [3.8, 4) is 5.75 Å². The molecule has 1 saturated heterocycles. The van der Waals surface area contributed by atoms with Crippen molar-refractivity contribution in [2.45, 2.75) is 18.3 Å². The smallest absolute Gasteiger partial charge is 0.286 e. The molecule has 3 aromatic rings. The lowest BCUT2D eigenvalue weighted by Crippen LogP contribution is -2.25. The molecule has 0 saturated carbocycles. The molecule has 6 nitrogen and oxygen atoms in total. The van der Waals surface area contributed by atoms with Gasteiger partial charge in [-0.05, 0) is 47.9 Å². The minimum atomic E-state index is -0.385. The summed E-state index contributed by atoms with van der Waals surface area (Å²) in [7, 11) is 0. The van der Waals surface area contributed by atoms with Crippen LogP contribution >= 0.6 is 11.8 Å². The molecule has 2 aromatic heterocycles. The minimum absolute atomic E-state index is 0.236. The third kappa shape index (κ3) is 3.67. The number of carbonyl (C=O) groups excluding carboxylic acids is 2. The number of pyridine rings is 2. The highest BCUT2D eigenvalue weighted by Gasteiger charge is 2.31. The van der Waals surface area contributed by atoms with Crippen LogP contribution in [0.15, 0.2) is 55.0 Å². The summed E-state index contributed by atoms with van der Waals surface area (Å²) in [6, 6.07) is 11.5. The van der Waals surface area contributed by atoms with E-state index >= 15 is 0 Å². The summed E-state index contributed by atoms with van der Waals surface area (Å²) in [6.07, 6.45) is 5.69. The van der Waals surface area contributed by atoms with Gasteiger partial charge in [-0.25, -0.2) is 0 Å². The van der Waals surface area contributed by atoms with Crippen molar-refractivity contribution < 1.29 is 14.3 Å². The molecule has 1 atom stereocenters. The number of thioether (sulfide) groups is 1. The lowest BCUT2D eigenvalue weighted by Gasteiger charge is -2.09. The lowest BCUT2D eigenvalue weighted by atomic mass is 10.1. The molecule has 4 rings (SSSR count). The van der Waals surface area contributed by atoms with E-state index in [4.69, 9.17) is 4.74 Å². The van der Waals surface area contributed by atoms with Gasteiger partial charge in [-0.1, -0.05) is 11.8 Å². The molecule has 1 unspecified atom stereocenters. The molecular weight excluding hydrogens is 350 g/mol. The highest BCUT2D eigenvalue weighted by molar-refractivity contribution is 8.15. The number of rotatable bonds is 5. The second-order valence-corrected chi connectivity index (χ2v) is 7.11. The van der Waals surface area contributed by atoms with Gasteiger partial charge in [0.05, 0.1) is 10.8 Å². The number of fused-ring (bicyclic) bond motifs is 1. The fourth-order valence-electron chi connectivity index (χ4n) is 2.74. The second-order valence-electron chi connectivity index (χ2n) is 5.93. The lowest BCUT2D eigenvalue weighted by molar-refractivity contribution is -0.118. The first-order chi connectivity index (χ1) is 12.7. The largest absolute Gasteiger partial charge is 0.489 e. The molecule has 1 aliphatic rings. The van der Waals surface area contributed by atoms with Gasteiger partial charge < -0.3 is 4.74 Å². The topological polar surface area (TPSA) is 81.2 Å². The molecule has 130 valence electrons. The number of benzene rings is 1. The molecular formula is C19H15N3O3S. The van der Waals surface area contributed by atoms with Gasteiger partial charge in [-0.3, -0.25) is 24.9 Å². The van der Waals surface area contributed by atoms with E-state index in [1.165, 1.54) is 0 Å². The number of imide groups is 1. The van der Waals surface area contributed by atoms with E-state index in [1.807, 2.05) is 36.4 Å². The molecule has 0 radical (unpaired) electrons. The highest BCUT2D eigenvalue weighted by atomic mass is 32.2. The molecule has 1 N–H and O–H groups in total. The van der Waals surface area contributed by atoms with Crippen LogP contribution in [0.3, 0.4) is 0 Å². The Kier molecular flexibility index (Phi) is 4.53. The number of amides is 2. The quantitative estimate of drug-likeness (QED) is 0.748. The van der Waals surface area contributed by atoms with Crippen LogP contribution in [0, 0.1) is 0 Å². The molecule has 1 fully saturated rings. The fraction of sp³-hybridized carbons (Fsp3) is 0.158. The highest BCUT2D eigenvalue weighted by Crippen LogP contribution is 2.25. The van der Waals surface area contributed by atoms with Crippen LogP contribution in [-0.4, -0.2) is 26.4 Å². The zero-order valence-electron chi connectivity index (χ0n) is 13.7. The Bertz CT molecular complexity index is 978. The van der Waals surface area contributed by atoms with Crippen molar-refractivity contribution in [1.29, 1.82) is 0 Å². The zero-order chi connectivity index (χ0) is 17.9. The first-order valence-electron chi connectivity index (χ1n) is 8.09. The minimum Gasteiger partial charge on any atom is -0.489 e. The van der Waals surface area contributed by atoms with Crippen molar-refractivity contribution >= 4 is 33.8 Å². The Labute approximate surface area is 154 Å². The van der Waals surface area contributed by atoms with Crippen LogP contribution in [0.1, 0.15) is 11.1 Å². The van der Waals surface area contributed by atoms with Gasteiger partial charge in [0.25, 0.3) is 5.24 Å². The fourth-order valence-corrected chi connectivity index (χ4v) is 3.60. The van der Waals surface area contributed by atoms with Crippen LogP contribution in [0.2, 0.25) is 0 Å². The van der Waals surface area contributed by atoms with Gasteiger partial charge in [0.15, 0.2) is 0 Å². The Morgan fingerprint density at radius 3 is 2.69 bits per heavy atom. The number of hydrogen-bond acceptors (Lipinski definition) is 6. The summed E-state index contributed by atoms with van der Waals surface area (Å²) in [4.78, 5) is 31.4. The molecule has 7 heteroatoms. The maximum Gasteiger partial charge on any atom is 0.286 e. The molecule has 1 aliphatic heterocycles. The summed E-state index contributed by atoms with van der Waals surface area (Å²) in [5.74, 6) is 0.505. The van der Waals surface area contributed by atoms with E-state index in [9.17, 15) is 9.59 Å². The van der Waals surface area contributed by atoms with Crippen molar-refractivity contribution in [3.05, 3.63) is 66.1 Å². The zero-order valence-corrected chi connectivity index (χ0v) is 14.5. The number of ether oxygens (including phenoxy) is 1. The van der Waals surface area contributed by atoms with E-state index in [1.54, 1.807) is 18.6 Å². The van der Waals surface area contributed by atoms with E-state index in [0.29, 0.717) is 13.0 Å². The number of nitrogens with one attached hydrogen (secondary N) is 1. The van der Waals surface area contributed by atoms with Gasteiger partial charge in [-0.15, -0.1) is 0 Å². The molecule has 2 amide bonds. The average molecular weight is 365 g/mol. The van der Waals surface area contributed by atoms with E-state index in [-0.39, 0.29) is 16.4 Å². The molecule has 26 heavy (non-hydrogen) atoms. The van der Waals surface area contributed by atoms with Gasteiger partial charge in [0, 0.05) is 30.0 Å². The van der Waals surface area contributed by atoms with Gasteiger partial charge in [0.1, 0.15) is 12.4 Å². The molecule has 0 bridgehead atoms. The normalized spacial score (nSPS) is 16.7. The first-order valence-corrected chi connectivity index (χ1v) is 8.97. The number of hydrogen-bond donors (Lipinski definition) is 1. The van der Waals surface area contributed by atoms with Gasteiger partial charge in [0.2, 0.25) is 5.91 Å². The van der Waals surface area contributed by atoms with Crippen molar-refractivity contribution in [2.75, 3.05) is 0 Å². The van der Waals surface area contributed by atoms with Crippen LogP contribution < -0.4 is 10.1 Å². The summed E-state index contributed by atoms with van der Waals surface area (Å²) >= 11 is 1.03. The van der Waals surface area contributed by atoms with Crippen LogP contribution in [0.25, 0.3) is 10.9 Å². The summed E-state index contributed by atoms with van der Waals surface area (Å²) < 4.78 is 5.80. The SMILES string of the molecule is O=C1NC(=O)C(Cc2cnc3cc(OCc4ccncc4)ccc3c2)S1. The Balaban J connectivity index is 1.47. The van der Waals surface area contributed by atoms with Crippen molar-refractivity contribution in [1.82, 2.24) is 15.3 Å². The van der Waals surface area contributed by atoms with E-state index in [2.05, 4.69) is 15.3 Å². The van der Waals surface area contributed by atoms with Crippen LogP contribution in [0.5, 0.6) is 5.75 Å².